The van der Waals surface area contributed by atoms with Gasteiger partial charge in [-0.2, -0.15) is 0 Å². The number of aliphatic hydroxyl groups excluding tert-OH is 1. The van der Waals surface area contributed by atoms with E-state index in [4.69, 9.17) is 9.47 Å². The molecule has 182 valence electrons. The summed E-state index contributed by atoms with van der Waals surface area (Å²) < 4.78 is 11.3. The van der Waals surface area contributed by atoms with Crippen LogP contribution in [0.2, 0.25) is 0 Å². The van der Waals surface area contributed by atoms with Gasteiger partial charge in [-0.05, 0) is 61.5 Å². The van der Waals surface area contributed by atoms with Crippen LogP contribution in [-0.2, 0) is 4.79 Å². The number of hydrogen-bond acceptors (Lipinski definition) is 7. The van der Waals surface area contributed by atoms with Crippen molar-refractivity contribution >= 4 is 23.0 Å². The minimum atomic E-state index is -0.694. The molecule has 2 aliphatic rings. The van der Waals surface area contributed by atoms with Crippen molar-refractivity contribution in [3.8, 4) is 11.5 Å². The number of thiophene rings is 1. The standard InChI is InChI=1S/C26H32N2O5S/c1-3-15-33-19-10-9-18(17-20(19)32-2)23-22(24(29)21-8-7-16-34-21)25(30)26(31)28(23)14-13-27-11-5-4-6-12-27/h7-10,16-17,23,30H,3-6,11-15H2,1-2H3. The van der Waals surface area contributed by atoms with Gasteiger partial charge in [0.05, 0.1) is 30.2 Å². The molecule has 1 aromatic carbocycles. The Bertz CT molecular complexity index is 1040. The molecule has 2 aromatic rings. The smallest absolute Gasteiger partial charge is 0.290 e. The average molecular weight is 485 g/mol. The molecule has 0 spiro atoms. The van der Waals surface area contributed by atoms with Crippen LogP contribution in [0.1, 0.15) is 53.9 Å². The zero-order valence-electron chi connectivity index (χ0n) is 19.8. The lowest BCUT2D eigenvalue weighted by atomic mass is 9.95. The number of nitrogens with zero attached hydrogens (tertiary/aromatic N) is 2. The highest BCUT2D eigenvalue weighted by Gasteiger charge is 2.44. The number of hydrogen-bond donors (Lipinski definition) is 1. The average Bonchev–Trinajstić information content (AvgIpc) is 3.49. The molecule has 0 radical (unpaired) electrons. The summed E-state index contributed by atoms with van der Waals surface area (Å²) in [6.07, 6.45) is 4.40. The molecule has 2 aliphatic heterocycles. The number of ketones is 1. The number of amides is 1. The van der Waals surface area contributed by atoms with Crippen LogP contribution >= 0.6 is 11.3 Å². The fourth-order valence-corrected chi connectivity index (χ4v) is 5.30. The lowest BCUT2D eigenvalue weighted by Crippen LogP contribution is -2.40. The minimum Gasteiger partial charge on any atom is -0.503 e. The van der Waals surface area contributed by atoms with Crippen LogP contribution in [0.3, 0.4) is 0 Å². The van der Waals surface area contributed by atoms with Gasteiger partial charge in [0.2, 0.25) is 5.78 Å². The Morgan fingerprint density at radius 3 is 2.62 bits per heavy atom. The molecule has 8 heteroatoms. The zero-order valence-corrected chi connectivity index (χ0v) is 20.6. The quantitative estimate of drug-likeness (QED) is 0.496. The van der Waals surface area contributed by atoms with Crippen molar-refractivity contribution in [3.63, 3.8) is 0 Å². The van der Waals surface area contributed by atoms with Gasteiger partial charge < -0.3 is 24.4 Å². The van der Waals surface area contributed by atoms with Crippen molar-refractivity contribution in [3.05, 3.63) is 57.5 Å². The van der Waals surface area contributed by atoms with E-state index in [2.05, 4.69) is 4.90 Å². The van der Waals surface area contributed by atoms with E-state index in [0.717, 1.165) is 32.4 Å². The van der Waals surface area contributed by atoms with Gasteiger partial charge in [0, 0.05) is 13.1 Å². The Morgan fingerprint density at radius 2 is 1.94 bits per heavy atom. The van der Waals surface area contributed by atoms with E-state index >= 15 is 0 Å². The van der Waals surface area contributed by atoms with Crippen molar-refractivity contribution in [2.75, 3.05) is 39.9 Å². The first-order valence-corrected chi connectivity index (χ1v) is 12.8. The first kappa shape index (κ1) is 24.3. The number of piperidine rings is 1. The van der Waals surface area contributed by atoms with E-state index in [1.807, 2.05) is 18.4 Å². The molecule has 4 rings (SSSR count). The maximum Gasteiger partial charge on any atom is 0.290 e. The van der Waals surface area contributed by atoms with Crippen molar-refractivity contribution in [1.82, 2.24) is 9.80 Å². The maximum atomic E-state index is 13.4. The molecule has 1 saturated heterocycles. The van der Waals surface area contributed by atoms with E-state index in [0.29, 0.717) is 41.6 Å². The molecule has 1 N–H and O–H groups in total. The van der Waals surface area contributed by atoms with Crippen LogP contribution in [0.25, 0.3) is 0 Å². The predicted molar refractivity (Wildman–Crippen MR) is 132 cm³/mol. The van der Waals surface area contributed by atoms with E-state index in [1.54, 1.807) is 36.3 Å². The Balaban J connectivity index is 1.69. The summed E-state index contributed by atoms with van der Waals surface area (Å²) in [5, 5.41) is 12.7. The van der Waals surface area contributed by atoms with Crippen LogP contribution < -0.4 is 9.47 Å². The summed E-state index contributed by atoms with van der Waals surface area (Å²) in [4.78, 5) is 31.1. The highest BCUT2D eigenvalue weighted by atomic mass is 32.1. The third-order valence-corrected chi connectivity index (χ3v) is 7.23. The summed E-state index contributed by atoms with van der Waals surface area (Å²) in [5.74, 6) is -0.156. The summed E-state index contributed by atoms with van der Waals surface area (Å²) in [7, 11) is 1.57. The second-order valence-corrected chi connectivity index (χ2v) is 9.58. The van der Waals surface area contributed by atoms with E-state index in [1.165, 1.54) is 17.8 Å². The number of aliphatic hydroxyl groups is 1. The topological polar surface area (TPSA) is 79.3 Å². The molecule has 1 aromatic heterocycles. The van der Waals surface area contributed by atoms with Crippen LogP contribution in [0.5, 0.6) is 11.5 Å². The molecule has 1 atom stereocenters. The van der Waals surface area contributed by atoms with Gasteiger partial charge in [-0.15, -0.1) is 11.3 Å². The fourth-order valence-electron chi connectivity index (χ4n) is 4.62. The number of methoxy groups -OCH3 is 1. The summed E-state index contributed by atoms with van der Waals surface area (Å²) >= 11 is 1.30. The Kier molecular flexibility index (Phi) is 7.90. The number of ether oxygens (including phenoxy) is 2. The highest BCUT2D eigenvalue weighted by molar-refractivity contribution is 7.12. The van der Waals surface area contributed by atoms with E-state index in [9.17, 15) is 14.7 Å². The molecule has 0 saturated carbocycles. The minimum absolute atomic E-state index is 0.121. The van der Waals surface area contributed by atoms with Crippen molar-refractivity contribution in [2.45, 2.75) is 38.6 Å². The van der Waals surface area contributed by atoms with Crippen molar-refractivity contribution in [1.29, 1.82) is 0 Å². The number of likely N-dealkylation sites (tertiary alicyclic amines) is 1. The number of carbonyl (C=O) groups is 2. The van der Waals surface area contributed by atoms with Gasteiger partial charge >= 0.3 is 0 Å². The molecular weight excluding hydrogens is 452 g/mol. The molecule has 34 heavy (non-hydrogen) atoms. The Labute approximate surface area is 204 Å². The van der Waals surface area contributed by atoms with Crippen LogP contribution in [0, 0.1) is 0 Å². The molecule has 3 heterocycles. The normalized spacial score (nSPS) is 19.1. The lowest BCUT2D eigenvalue weighted by molar-refractivity contribution is -0.129. The number of rotatable bonds is 10. The largest absolute Gasteiger partial charge is 0.503 e. The first-order valence-electron chi connectivity index (χ1n) is 11.9. The molecule has 0 aliphatic carbocycles. The van der Waals surface area contributed by atoms with Crippen LogP contribution in [-0.4, -0.2) is 66.5 Å². The molecule has 7 nitrogen and oxygen atoms in total. The predicted octanol–water partition coefficient (Wildman–Crippen LogP) is 4.61. The lowest BCUT2D eigenvalue weighted by Gasteiger charge is -2.32. The van der Waals surface area contributed by atoms with E-state index in [-0.39, 0.29) is 11.4 Å². The van der Waals surface area contributed by atoms with Gasteiger partial charge in [0.25, 0.3) is 5.91 Å². The second-order valence-electron chi connectivity index (χ2n) is 8.63. The highest BCUT2D eigenvalue weighted by Crippen LogP contribution is 2.42. The third kappa shape index (κ3) is 4.98. The summed E-state index contributed by atoms with van der Waals surface area (Å²) in [5.41, 5.74) is 0.826. The monoisotopic (exact) mass is 484 g/mol. The SMILES string of the molecule is CCCOc1ccc(C2C(C(=O)c3cccs3)=C(O)C(=O)N2CCN2CCCCC2)cc1OC. The molecule has 1 fully saturated rings. The van der Waals surface area contributed by atoms with Gasteiger partial charge in [-0.25, -0.2) is 0 Å². The van der Waals surface area contributed by atoms with Gasteiger partial charge in [0.15, 0.2) is 17.3 Å². The maximum absolute atomic E-state index is 13.4. The molecular formula is C26H32N2O5S. The number of benzene rings is 1. The van der Waals surface area contributed by atoms with Crippen LogP contribution in [0.15, 0.2) is 47.0 Å². The van der Waals surface area contributed by atoms with E-state index < -0.39 is 17.7 Å². The van der Waals surface area contributed by atoms with Crippen molar-refractivity contribution in [2.24, 2.45) is 0 Å². The van der Waals surface area contributed by atoms with Gasteiger partial charge in [-0.1, -0.05) is 25.5 Å². The third-order valence-electron chi connectivity index (χ3n) is 6.36. The molecule has 1 unspecified atom stereocenters. The fraction of sp³-hybridized carbons (Fsp3) is 0.462. The van der Waals surface area contributed by atoms with Crippen molar-refractivity contribution < 1.29 is 24.2 Å². The zero-order chi connectivity index (χ0) is 24.1. The molecule has 1 amide bonds. The van der Waals surface area contributed by atoms with Crippen LogP contribution in [0.4, 0.5) is 0 Å². The first-order chi connectivity index (χ1) is 16.5. The van der Waals surface area contributed by atoms with Gasteiger partial charge in [0.1, 0.15) is 0 Å². The molecule has 0 bridgehead atoms. The Hall–Kier alpha value is -2.84. The second kappa shape index (κ2) is 11.1. The number of carbonyl (C=O) groups excluding carboxylic acids is 2. The Morgan fingerprint density at radius 1 is 1.15 bits per heavy atom. The van der Waals surface area contributed by atoms with Gasteiger partial charge in [-0.3, -0.25) is 9.59 Å². The summed E-state index contributed by atoms with van der Waals surface area (Å²) in [6, 6.07) is 8.27. The summed E-state index contributed by atoms with van der Waals surface area (Å²) in [6.45, 7) is 5.72. The number of Topliss-reactive ketones (excluding diaryl/α,β-unsaturated/α-hetero) is 1.